The van der Waals surface area contributed by atoms with E-state index in [4.69, 9.17) is 11.6 Å². The number of rotatable bonds is 7. The van der Waals surface area contributed by atoms with Crippen molar-refractivity contribution in [2.75, 3.05) is 63.8 Å². The number of hydrogen-bond acceptors (Lipinski definition) is 5. The molecule has 0 saturated carbocycles. The second-order valence-electron chi connectivity index (χ2n) is 12.9. The number of aryl methyl sites for hydroxylation is 1. The summed E-state index contributed by atoms with van der Waals surface area (Å²) in [4.78, 5) is 47.5. The largest absolute Gasteiger partial charge is 0.343 e. The summed E-state index contributed by atoms with van der Waals surface area (Å²) < 4.78 is 0. The number of fused-ring (bicyclic) bond motifs is 2. The zero-order chi connectivity index (χ0) is 30.1. The predicted octanol–water partition coefficient (Wildman–Crippen LogP) is 3.98. The summed E-state index contributed by atoms with van der Waals surface area (Å²) in [6, 6.07) is 12.1. The number of piperidine rings is 1. The number of nitrogens with zero attached hydrogens (tertiary/aromatic N) is 4. The summed E-state index contributed by atoms with van der Waals surface area (Å²) in [5, 5.41) is 4.09. The maximum absolute atomic E-state index is 13.8. The van der Waals surface area contributed by atoms with Gasteiger partial charge in [-0.15, -0.1) is 0 Å². The van der Waals surface area contributed by atoms with E-state index in [0.29, 0.717) is 49.3 Å². The smallest absolute Gasteiger partial charge is 0.254 e. The quantitative estimate of drug-likeness (QED) is 0.517. The van der Waals surface area contributed by atoms with Crippen LogP contribution in [0.4, 0.5) is 5.69 Å². The second kappa shape index (κ2) is 13.0. The monoisotopic (exact) mass is 605 g/mol. The number of likely N-dealkylation sites (tertiary alicyclic amines) is 3. The van der Waals surface area contributed by atoms with Crippen molar-refractivity contribution >= 4 is 35.0 Å². The molecule has 8 nitrogen and oxygen atoms in total. The number of anilines is 1. The number of benzene rings is 2. The number of carbonyl (C=O) groups is 3. The van der Waals surface area contributed by atoms with E-state index < -0.39 is 0 Å². The number of hydrogen-bond donors (Lipinski definition) is 1. The van der Waals surface area contributed by atoms with E-state index in [1.54, 1.807) is 6.92 Å². The summed E-state index contributed by atoms with van der Waals surface area (Å²) in [5.41, 5.74) is 5.19. The zero-order valence-corrected chi connectivity index (χ0v) is 26.2. The maximum Gasteiger partial charge on any atom is 0.254 e. The highest BCUT2D eigenvalue weighted by molar-refractivity contribution is 6.31. The van der Waals surface area contributed by atoms with Crippen LogP contribution in [0.1, 0.15) is 53.2 Å². The normalized spacial score (nSPS) is 22.4. The van der Waals surface area contributed by atoms with Crippen molar-refractivity contribution in [2.24, 2.45) is 17.8 Å². The Labute approximate surface area is 260 Å². The minimum Gasteiger partial charge on any atom is -0.343 e. The first-order valence-corrected chi connectivity index (χ1v) is 16.3. The molecule has 0 radical (unpaired) electrons. The van der Waals surface area contributed by atoms with E-state index in [-0.39, 0.29) is 23.6 Å². The standard InChI is InChI=1S/C34H44ClN5O3/c1-23-7-8-29(17-32(23)35)40(33(42)26-10-15-38(16-11-26)24(2)41)14-4-13-37-19-27-21-39(22-28(27)20-37)34(43)30-6-3-5-25-9-12-36-18-31(25)30/h3,5-8,17,26-28,36H,4,9-16,18-22H2,1-2H3. The van der Waals surface area contributed by atoms with Crippen LogP contribution in [0.25, 0.3) is 0 Å². The highest BCUT2D eigenvalue weighted by Crippen LogP contribution is 2.33. The summed E-state index contributed by atoms with van der Waals surface area (Å²) in [7, 11) is 0. The summed E-state index contributed by atoms with van der Waals surface area (Å²) in [6.45, 7) is 11.8. The summed E-state index contributed by atoms with van der Waals surface area (Å²) in [5.74, 6) is 1.31. The van der Waals surface area contributed by atoms with Crippen molar-refractivity contribution in [1.29, 1.82) is 0 Å². The fourth-order valence-electron chi connectivity index (χ4n) is 7.55. The summed E-state index contributed by atoms with van der Waals surface area (Å²) in [6.07, 6.45) is 3.24. The summed E-state index contributed by atoms with van der Waals surface area (Å²) >= 11 is 6.48. The first-order valence-electron chi connectivity index (χ1n) is 15.9. The van der Waals surface area contributed by atoms with E-state index in [2.05, 4.69) is 21.2 Å². The van der Waals surface area contributed by atoms with Crippen LogP contribution < -0.4 is 10.2 Å². The van der Waals surface area contributed by atoms with E-state index >= 15 is 0 Å². The first-order chi connectivity index (χ1) is 20.8. The molecule has 9 heteroatoms. The molecule has 3 saturated heterocycles. The number of carbonyl (C=O) groups excluding carboxylic acids is 3. The number of halogens is 1. The van der Waals surface area contributed by atoms with Crippen molar-refractivity contribution in [3.8, 4) is 0 Å². The Morgan fingerprint density at radius 2 is 1.74 bits per heavy atom. The number of amides is 3. The van der Waals surface area contributed by atoms with E-state index in [9.17, 15) is 14.4 Å². The molecule has 3 fully saturated rings. The average Bonchev–Trinajstić information content (AvgIpc) is 3.59. The highest BCUT2D eigenvalue weighted by atomic mass is 35.5. The van der Waals surface area contributed by atoms with Crippen LogP contribution >= 0.6 is 11.6 Å². The molecule has 4 aliphatic heterocycles. The molecule has 43 heavy (non-hydrogen) atoms. The third kappa shape index (κ3) is 6.47. The zero-order valence-electron chi connectivity index (χ0n) is 25.5. The van der Waals surface area contributed by atoms with Crippen LogP contribution in [0.2, 0.25) is 5.02 Å². The van der Waals surface area contributed by atoms with Crippen LogP contribution in [0.5, 0.6) is 0 Å². The predicted molar refractivity (Wildman–Crippen MR) is 169 cm³/mol. The Morgan fingerprint density at radius 3 is 2.44 bits per heavy atom. The van der Waals surface area contributed by atoms with Crippen molar-refractivity contribution in [2.45, 2.75) is 46.1 Å². The van der Waals surface area contributed by atoms with Crippen molar-refractivity contribution in [3.05, 3.63) is 63.7 Å². The molecule has 4 heterocycles. The Hall–Kier alpha value is -2.94. The molecule has 2 atom stereocenters. The Kier molecular flexibility index (Phi) is 9.08. The molecule has 2 aromatic carbocycles. The van der Waals surface area contributed by atoms with Gasteiger partial charge in [-0.1, -0.05) is 29.8 Å². The van der Waals surface area contributed by atoms with Crippen LogP contribution in [0.3, 0.4) is 0 Å². The van der Waals surface area contributed by atoms with Crippen molar-refractivity contribution < 1.29 is 14.4 Å². The lowest BCUT2D eigenvalue weighted by molar-refractivity contribution is -0.133. The molecule has 3 amide bonds. The molecular weight excluding hydrogens is 562 g/mol. The molecule has 0 spiro atoms. The van der Waals surface area contributed by atoms with Gasteiger partial charge in [0.2, 0.25) is 11.8 Å². The second-order valence-corrected chi connectivity index (χ2v) is 13.3. The third-order valence-corrected chi connectivity index (χ3v) is 10.5. The van der Waals surface area contributed by atoms with Gasteiger partial charge in [0.05, 0.1) is 0 Å². The average molecular weight is 606 g/mol. The highest BCUT2D eigenvalue weighted by Gasteiger charge is 2.42. The van der Waals surface area contributed by atoms with E-state index in [0.717, 1.165) is 75.5 Å². The fourth-order valence-corrected chi connectivity index (χ4v) is 7.73. The number of nitrogens with one attached hydrogen (secondary N) is 1. The lowest BCUT2D eigenvalue weighted by Crippen LogP contribution is -2.44. The first kappa shape index (κ1) is 30.1. The van der Waals surface area contributed by atoms with Gasteiger partial charge in [0.15, 0.2) is 0 Å². The van der Waals surface area contributed by atoms with Gasteiger partial charge >= 0.3 is 0 Å². The van der Waals surface area contributed by atoms with Crippen molar-refractivity contribution in [3.63, 3.8) is 0 Å². The Balaban J connectivity index is 1.04. The fraction of sp³-hybridized carbons (Fsp3) is 0.559. The lowest BCUT2D eigenvalue weighted by Gasteiger charge is -2.34. The van der Waals surface area contributed by atoms with Gasteiger partial charge in [-0.05, 0) is 92.4 Å². The molecule has 0 aromatic heterocycles. The molecule has 1 N–H and O–H groups in total. The van der Waals surface area contributed by atoms with Crippen LogP contribution in [0.15, 0.2) is 36.4 Å². The molecule has 2 aromatic rings. The molecule has 4 aliphatic rings. The Morgan fingerprint density at radius 1 is 1.00 bits per heavy atom. The molecule has 6 rings (SSSR count). The molecule has 0 aliphatic carbocycles. The van der Waals surface area contributed by atoms with Gasteiger partial charge in [0.1, 0.15) is 0 Å². The van der Waals surface area contributed by atoms with Gasteiger partial charge in [-0.3, -0.25) is 14.4 Å². The Bertz CT molecular complexity index is 1360. The molecular formula is C34H44ClN5O3. The molecule has 0 bridgehead atoms. The van der Waals surface area contributed by atoms with E-state index in [1.807, 2.05) is 47.1 Å². The maximum atomic E-state index is 13.8. The van der Waals surface area contributed by atoms with E-state index in [1.165, 1.54) is 11.1 Å². The van der Waals surface area contributed by atoms with Crippen molar-refractivity contribution in [1.82, 2.24) is 20.0 Å². The van der Waals surface area contributed by atoms with Gasteiger partial charge in [-0.2, -0.15) is 0 Å². The van der Waals surface area contributed by atoms with Crippen LogP contribution in [-0.4, -0.2) is 91.3 Å². The van der Waals surface area contributed by atoms with Gasteiger partial charge in [0, 0.05) is 81.5 Å². The minimum atomic E-state index is -0.0867. The van der Waals surface area contributed by atoms with Gasteiger partial charge < -0.3 is 24.9 Å². The topological polar surface area (TPSA) is 76.2 Å². The van der Waals surface area contributed by atoms with Crippen LogP contribution in [-0.2, 0) is 22.6 Å². The molecule has 2 unspecified atom stereocenters. The van der Waals surface area contributed by atoms with Crippen LogP contribution in [0, 0.1) is 24.7 Å². The lowest BCUT2D eigenvalue weighted by atomic mass is 9.94. The van der Waals surface area contributed by atoms with Gasteiger partial charge in [-0.25, -0.2) is 0 Å². The molecule has 230 valence electrons. The SMILES string of the molecule is CC(=O)N1CCC(C(=O)N(CCCN2CC3CN(C(=O)c4cccc5c4CNCC5)CC3C2)c2ccc(C)c(Cl)c2)CC1. The van der Waals surface area contributed by atoms with Gasteiger partial charge in [0.25, 0.3) is 5.91 Å². The third-order valence-electron chi connectivity index (χ3n) is 10.1. The minimum absolute atomic E-state index is 0.0761.